The Kier molecular flexibility index (Phi) is 3.41. The van der Waals surface area contributed by atoms with Crippen molar-refractivity contribution in [1.82, 2.24) is 24.8 Å². The van der Waals surface area contributed by atoms with Gasteiger partial charge in [-0.3, -0.25) is 9.48 Å². The van der Waals surface area contributed by atoms with Crippen LogP contribution in [0.25, 0.3) is 11.6 Å². The van der Waals surface area contributed by atoms with E-state index in [4.69, 9.17) is 9.26 Å². The average molecular weight is 343 g/mol. The van der Waals surface area contributed by atoms with Crippen LogP contribution in [0.15, 0.2) is 4.52 Å². The van der Waals surface area contributed by atoms with Crippen LogP contribution in [0.4, 0.5) is 0 Å². The van der Waals surface area contributed by atoms with Crippen LogP contribution in [0.2, 0.25) is 0 Å². The zero-order valence-electron chi connectivity index (χ0n) is 14.3. The van der Waals surface area contributed by atoms with E-state index < -0.39 is 0 Å². The first-order valence-corrected chi connectivity index (χ1v) is 8.96. The largest absolute Gasteiger partial charge is 0.381 e. The first-order valence-electron chi connectivity index (χ1n) is 8.96. The number of rotatable bonds is 3. The number of hydrogen-bond donors (Lipinski definition) is 0. The molecule has 0 bridgehead atoms. The minimum atomic E-state index is 0.0735. The summed E-state index contributed by atoms with van der Waals surface area (Å²) in [6.45, 7) is 2.51. The monoisotopic (exact) mass is 343 g/mol. The van der Waals surface area contributed by atoms with Crippen LogP contribution < -0.4 is 0 Å². The molecule has 132 valence electrons. The number of amides is 1. The molecule has 3 aliphatic rings. The lowest BCUT2D eigenvalue weighted by atomic mass is 9.99. The van der Waals surface area contributed by atoms with Crippen molar-refractivity contribution in [2.45, 2.75) is 44.7 Å². The number of aryl methyl sites for hydroxylation is 1. The van der Waals surface area contributed by atoms with Crippen molar-refractivity contribution in [1.29, 1.82) is 0 Å². The second kappa shape index (κ2) is 5.66. The minimum Gasteiger partial charge on any atom is -0.381 e. The molecule has 0 N–H and O–H groups in total. The predicted octanol–water partition coefficient (Wildman–Crippen LogP) is 1.62. The van der Waals surface area contributed by atoms with Crippen molar-refractivity contribution in [2.24, 2.45) is 13.0 Å². The molecule has 0 spiro atoms. The highest BCUT2D eigenvalue weighted by Crippen LogP contribution is 2.39. The summed E-state index contributed by atoms with van der Waals surface area (Å²) < 4.78 is 12.7. The summed E-state index contributed by atoms with van der Waals surface area (Å²) in [7, 11) is 1.91. The van der Waals surface area contributed by atoms with E-state index in [1.54, 1.807) is 0 Å². The molecule has 1 aliphatic carbocycles. The fraction of sp³-hybridized carbons (Fsp3) is 0.647. The molecule has 25 heavy (non-hydrogen) atoms. The van der Waals surface area contributed by atoms with Gasteiger partial charge in [-0.15, -0.1) is 0 Å². The van der Waals surface area contributed by atoms with Gasteiger partial charge in [-0.2, -0.15) is 10.1 Å². The van der Waals surface area contributed by atoms with Crippen LogP contribution in [0, 0.1) is 5.92 Å². The van der Waals surface area contributed by atoms with Gasteiger partial charge in [-0.25, -0.2) is 0 Å². The molecular formula is C17H21N5O3. The summed E-state index contributed by atoms with van der Waals surface area (Å²) in [5.41, 5.74) is 2.81. The molecule has 2 fully saturated rings. The summed E-state index contributed by atoms with van der Waals surface area (Å²) in [4.78, 5) is 19.3. The second-order valence-electron chi connectivity index (χ2n) is 7.21. The fourth-order valence-electron chi connectivity index (χ4n) is 3.76. The van der Waals surface area contributed by atoms with Gasteiger partial charge in [-0.1, -0.05) is 5.16 Å². The highest BCUT2D eigenvalue weighted by molar-refractivity contribution is 5.80. The Labute approximate surface area is 145 Å². The van der Waals surface area contributed by atoms with E-state index in [2.05, 4.69) is 15.2 Å². The minimum absolute atomic E-state index is 0.0735. The number of nitrogens with zero attached hydrogens (tertiary/aromatic N) is 5. The van der Waals surface area contributed by atoms with Crippen molar-refractivity contribution in [3.63, 3.8) is 0 Å². The van der Waals surface area contributed by atoms with E-state index >= 15 is 0 Å². The molecule has 0 unspecified atom stereocenters. The van der Waals surface area contributed by atoms with E-state index in [9.17, 15) is 4.79 Å². The van der Waals surface area contributed by atoms with Crippen molar-refractivity contribution >= 4 is 5.91 Å². The molecule has 4 heterocycles. The summed E-state index contributed by atoms with van der Waals surface area (Å²) in [6, 6.07) is 0. The summed E-state index contributed by atoms with van der Waals surface area (Å²) in [5, 5.41) is 8.65. The van der Waals surface area contributed by atoms with Gasteiger partial charge in [0.25, 0.3) is 5.89 Å². The number of ether oxygens (including phenoxy) is 1. The lowest BCUT2D eigenvalue weighted by Gasteiger charge is -2.26. The number of aromatic nitrogens is 4. The first kappa shape index (κ1) is 15.1. The van der Waals surface area contributed by atoms with Gasteiger partial charge in [0.2, 0.25) is 5.91 Å². The van der Waals surface area contributed by atoms with Gasteiger partial charge in [0.1, 0.15) is 0 Å². The molecule has 2 aliphatic heterocycles. The smallest absolute Gasteiger partial charge is 0.278 e. The highest BCUT2D eigenvalue weighted by atomic mass is 16.5. The lowest BCUT2D eigenvalue weighted by molar-refractivity contribution is -0.139. The Morgan fingerprint density at radius 2 is 1.96 bits per heavy atom. The van der Waals surface area contributed by atoms with Crippen molar-refractivity contribution in [3.8, 4) is 11.6 Å². The van der Waals surface area contributed by atoms with Crippen molar-refractivity contribution in [2.75, 3.05) is 13.2 Å². The number of fused-ring (bicyclic) bond motifs is 1. The highest BCUT2D eigenvalue weighted by Gasteiger charge is 2.36. The van der Waals surface area contributed by atoms with E-state index in [-0.39, 0.29) is 11.8 Å². The second-order valence-corrected chi connectivity index (χ2v) is 7.21. The third kappa shape index (κ3) is 2.55. The average Bonchev–Trinajstić information content (AvgIpc) is 3.09. The van der Waals surface area contributed by atoms with Crippen molar-refractivity contribution in [3.05, 3.63) is 17.1 Å². The molecule has 8 nitrogen and oxygen atoms in total. The Hall–Kier alpha value is -2.22. The zero-order chi connectivity index (χ0) is 17.0. The van der Waals surface area contributed by atoms with Crippen LogP contribution in [-0.4, -0.2) is 43.9 Å². The maximum Gasteiger partial charge on any atom is 0.278 e. The van der Waals surface area contributed by atoms with E-state index in [1.165, 1.54) is 0 Å². The third-order valence-electron chi connectivity index (χ3n) is 5.43. The molecular weight excluding hydrogens is 322 g/mol. The molecule has 8 heteroatoms. The van der Waals surface area contributed by atoms with Gasteiger partial charge >= 0.3 is 0 Å². The SMILES string of the molecule is Cn1nc(-c2nc(C3CC3)no2)c2c1CN(C(=O)C1CCOCC1)C2. The normalized spacial score (nSPS) is 20.9. The summed E-state index contributed by atoms with van der Waals surface area (Å²) in [6.07, 6.45) is 3.88. The predicted molar refractivity (Wildman–Crippen MR) is 86.3 cm³/mol. The third-order valence-corrected chi connectivity index (χ3v) is 5.43. The molecule has 1 saturated heterocycles. The number of carbonyl (C=O) groups is 1. The van der Waals surface area contributed by atoms with Crippen LogP contribution in [0.3, 0.4) is 0 Å². The van der Waals surface area contributed by atoms with Crippen LogP contribution in [0.1, 0.15) is 48.7 Å². The quantitative estimate of drug-likeness (QED) is 0.842. The molecule has 5 rings (SSSR count). The summed E-state index contributed by atoms with van der Waals surface area (Å²) >= 11 is 0. The van der Waals surface area contributed by atoms with Crippen molar-refractivity contribution < 1.29 is 14.1 Å². The Morgan fingerprint density at radius 3 is 2.72 bits per heavy atom. The maximum atomic E-state index is 12.8. The van der Waals surface area contributed by atoms with Crippen LogP contribution >= 0.6 is 0 Å². The Balaban J connectivity index is 1.39. The van der Waals surface area contributed by atoms with Crippen LogP contribution in [0.5, 0.6) is 0 Å². The van der Waals surface area contributed by atoms with Gasteiger partial charge in [0.15, 0.2) is 11.5 Å². The topological polar surface area (TPSA) is 86.3 Å². The van der Waals surface area contributed by atoms with E-state index in [0.717, 1.165) is 48.5 Å². The Bertz CT molecular complexity index is 816. The van der Waals surface area contributed by atoms with Gasteiger partial charge in [-0.05, 0) is 25.7 Å². The fourth-order valence-corrected chi connectivity index (χ4v) is 3.76. The molecule has 0 radical (unpaired) electrons. The van der Waals surface area contributed by atoms with E-state index in [1.807, 2.05) is 16.6 Å². The standard InChI is InChI=1S/C17H21N5O3/c1-21-13-9-22(17(23)11-4-6-24-7-5-11)8-12(13)14(19-21)16-18-15(20-25-16)10-2-3-10/h10-11H,2-9H2,1H3. The molecule has 2 aromatic heterocycles. The van der Waals surface area contributed by atoms with Gasteiger partial charge < -0.3 is 14.2 Å². The number of hydrogen-bond acceptors (Lipinski definition) is 6. The molecule has 0 atom stereocenters. The zero-order valence-corrected chi connectivity index (χ0v) is 14.3. The van der Waals surface area contributed by atoms with Gasteiger partial charge in [0, 0.05) is 37.7 Å². The first-order chi connectivity index (χ1) is 12.2. The number of carbonyl (C=O) groups excluding carboxylic acids is 1. The van der Waals surface area contributed by atoms with Gasteiger partial charge in [0.05, 0.1) is 18.8 Å². The molecule has 1 saturated carbocycles. The lowest BCUT2D eigenvalue weighted by Crippen LogP contribution is -2.35. The van der Waals surface area contributed by atoms with Crippen LogP contribution in [-0.2, 0) is 29.7 Å². The molecule has 0 aromatic carbocycles. The Morgan fingerprint density at radius 1 is 1.16 bits per heavy atom. The summed E-state index contributed by atoms with van der Waals surface area (Å²) in [5.74, 6) is 1.99. The molecule has 2 aromatic rings. The van der Waals surface area contributed by atoms with E-state index in [0.29, 0.717) is 38.1 Å². The molecule has 1 amide bonds. The maximum absolute atomic E-state index is 12.8.